The number of hydrogen-bond acceptors (Lipinski definition) is 4. The summed E-state index contributed by atoms with van der Waals surface area (Å²) in [5, 5.41) is 0. The molecule has 0 spiro atoms. The molecule has 0 saturated heterocycles. The molecule has 0 bridgehead atoms. The maximum Gasteiger partial charge on any atom is 0.274 e. The molecule has 0 atom stereocenters. The average molecular weight is 416 g/mol. The largest absolute Gasteiger partial charge is 0.488 e. The third-order valence-corrected chi connectivity index (χ3v) is 5.91. The lowest BCUT2D eigenvalue weighted by molar-refractivity contribution is 0.299. The van der Waals surface area contributed by atoms with Gasteiger partial charge in [-0.15, -0.1) is 0 Å². The van der Waals surface area contributed by atoms with E-state index in [4.69, 9.17) is 4.74 Å². The van der Waals surface area contributed by atoms with Crippen LogP contribution in [0.15, 0.2) is 71.5 Å². The van der Waals surface area contributed by atoms with Crippen LogP contribution in [0.3, 0.4) is 0 Å². The fourth-order valence-corrected chi connectivity index (χ4v) is 4.41. The lowest BCUT2D eigenvalue weighted by Crippen LogP contribution is -2.22. The van der Waals surface area contributed by atoms with Gasteiger partial charge in [0, 0.05) is 11.1 Å². The number of hydrogen-bond donors (Lipinski definition) is 0. The lowest BCUT2D eigenvalue weighted by Gasteiger charge is -2.10. The predicted octanol–water partition coefficient (Wildman–Crippen LogP) is 4.48. The van der Waals surface area contributed by atoms with Crippen LogP contribution in [0, 0.1) is 12.7 Å². The number of nitrogens with zero attached hydrogens (tertiary/aromatic N) is 2. The second-order valence-corrected chi connectivity index (χ2v) is 8.06. The molecule has 5 aromatic rings. The van der Waals surface area contributed by atoms with Crippen LogP contribution in [0.25, 0.3) is 22.1 Å². The summed E-state index contributed by atoms with van der Waals surface area (Å²) >= 11 is 1.34. The third kappa shape index (κ3) is 3.25. The Kier molecular flexibility index (Phi) is 4.56. The first-order valence-corrected chi connectivity index (χ1v) is 10.3. The van der Waals surface area contributed by atoms with Gasteiger partial charge >= 0.3 is 0 Å². The quantitative estimate of drug-likeness (QED) is 0.434. The molecule has 4 nitrogen and oxygen atoms in total. The third-order valence-electron chi connectivity index (χ3n) is 4.94. The number of ether oxygens (including phenoxy) is 1. The van der Waals surface area contributed by atoms with Crippen LogP contribution in [0.2, 0.25) is 0 Å². The fourth-order valence-electron chi connectivity index (χ4n) is 3.44. The van der Waals surface area contributed by atoms with Gasteiger partial charge in [-0.05, 0) is 43.3 Å². The first-order valence-electron chi connectivity index (χ1n) is 9.49. The van der Waals surface area contributed by atoms with Gasteiger partial charge in [0.2, 0.25) is 0 Å². The molecule has 3 aromatic carbocycles. The molecule has 0 unspecified atom stereocenters. The SMILES string of the molecule is Cc1ccc(OCc2ccccc2F)c(/C=c2\sc3nc4ccccc4n3c2=O)c1. The summed E-state index contributed by atoms with van der Waals surface area (Å²) < 4.78 is 22.0. The van der Waals surface area contributed by atoms with E-state index in [9.17, 15) is 9.18 Å². The van der Waals surface area contributed by atoms with Crippen molar-refractivity contribution in [2.75, 3.05) is 0 Å². The number of thiazole rings is 1. The minimum Gasteiger partial charge on any atom is -0.488 e. The van der Waals surface area contributed by atoms with E-state index in [-0.39, 0.29) is 18.0 Å². The van der Waals surface area contributed by atoms with Crippen molar-refractivity contribution in [3.05, 3.63) is 104 Å². The summed E-state index contributed by atoms with van der Waals surface area (Å²) in [5.41, 5.74) is 3.79. The number of para-hydroxylation sites is 2. The summed E-state index contributed by atoms with van der Waals surface area (Å²) in [4.78, 5) is 18.3. The Morgan fingerprint density at radius 3 is 2.77 bits per heavy atom. The van der Waals surface area contributed by atoms with Gasteiger partial charge in [0.15, 0.2) is 4.96 Å². The van der Waals surface area contributed by atoms with Gasteiger partial charge in [0.1, 0.15) is 18.2 Å². The summed E-state index contributed by atoms with van der Waals surface area (Å²) in [6.45, 7) is 2.09. The molecule has 6 heteroatoms. The van der Waals surface area contributed by atoms with Crippen molar-refractivity contribution >= 4 is 33.4 Å². The minimum atomic E-state index is -0.302. The minimum absolute atomic E-state index is 0.106. The molecule has 30 heavy (non-hydrogen) atoms. The van der Waals surface area contributed by atoms with Crippen molar-refractivity contribution in [1.29, 1.82) is 0 Å². The molecule has 148 valence electrons. The number of imidazole rings is 1. The van der Waals surface area contributed by atoms with Gasteiger partial charge in [0.05, 0.1) is 15.6 Å². The highest BCUT2D eigenvalue weighted by molar-refractivity contribution is 7.15. The summed E-state index contributed by atoms with van der Waals surface area (Å²) in [7, 11) is 0. The summed E-state index contributed by atoms with van der Waals surface area (Å²) in [6, 6.07) is 19.9. The number of benzene rings is 3. The van der Waals surface area contributed by atoms with Gasteiger partial charge in [-0.25, -0.2) is 13.8 Å². The highest BCUT2D eigenvalue weighted by atomic mass is 32.1. The van der Waals surface area contributed by atoms with E-state index in [2.05, 4.69) is 4.98 Å². The molecule has 0 aliphatic rings. The molecule has 0 amide bonds. The van der Waals surface area contributed by atoms with Crippen LogP contribution in [0.5, 0.6) is 5.75 Å². The monoisotopic (exact) mass is 416 g/mol. The second-order valence-electron chi connectivity index (χ2n) is 7.06. The van der Waals surface area contributed by atoms with E-state index in [0.29, 0.717) is 20.8 Å². The van der Waals surface area contributed by atoms with Crippen LogP contribution < -0.4 is 14.8 Å². The fraction of sp³-hybridized carbons (Fsp3) is 0.0833. The van der Waals surface area contributed by atoms with Gasteiger partial charge < -0.3 is 4.74 Å². The van der Waals surface area contributed by atoms with Crippen LogP contribution in [0.4, 0.5) is 4.39 Å². The van der Waals surface area contributed by atoms with Gasteiger partial charge in [-0.2, -0.15) is 0 Å². The molecule has 0 saturated carbocycles. The van der Waals surface area contributed by atoms with Crippen molar-refractivity contribution in [2.24, 2.45) is 0 Å². The van der Waals surface area contributed by atoms with Crippen molar-refractivity contribution in [2.45, 2.75) is 13.5 Å². The molecule has 2 aromatic heterocycles. The van der Waals surface area contributed by atoms with Crippen molar-refractivity contribution < 1.29 is 9.13 Å². The van der Waals surface area contributed by atoms with Crippen LogP contribution in [0.1, 0.15) is 16.7 Å². The second kappa shape index (κ2) is 7.39. The van der Waals surface area contributed by atoms with Crippen molar-refractivity contribution in [3.63, 3.8) is 0 Å². The van der Waals surface area contributed by atoms with Gasteiger partial charge in [-0.3, -0.25) is 4.79 Å². The van der Waals surface area contributed by atoms with Crippen molar-refractivity contribution in [1.82, 2.24) is 9.38 Å². The van der Waals surface area contributed by atoms with Gasteiger partial charge in [0.25, 0.3) is 5.56 Å². The molecule has 0 N–H and O–H groups in total. The normalized spacial score (nSPS) is 12.1. The zero-order valence-electron chi connectivity index (χ0n) is 16.1. The van der Waals surface area contributed by atoms with Crippen LogP contribution >= 0.6 is 11.3 Å². The Morgan fingerprint density at radius 2 is 1.90 bits per heavy atom. The Bertz CT molecular complexity index is 1500. The number of halogens is 1. The standard InChI is InChI=1S/C24H17FN2O2S/c1-15-10-11-21(29-14-16-6-2-3-7-18(16)25)17(12-15)13-22-23(28)27-20-9-5-4-8-19(20)26-24(27)30-22/h2-13H,14H2,1H3/b22-13-. The van der Waals surface area contributed by atoms with Crippen LogP contribution in [-0.4, -0.2) is 9.38 Å². The first kappa shape index (κ1) is 18.5. The molecule has 0 fully saturated rings. The van der Waals surface area contributed by atoms with E-state index in [0.717, 1.165) is 22.2 Å². The molecule has 0 aliphatic carbocycles. The topological polar surface area (TPSA) is 43.6 Å². The van der Waals surface area contributed by atoms with Gasteiger partial charge in [-0.1, -0.05) is 53.3 Å². The highest BCUT2D eigenvalue weighted by Crippen LogP contribution is 2.23. The lowest BCUT2D eigenvalue weighted by atomic mass is 10.1. The zero-order valence-corrected chi connectivity index (χ0v) is 16.9. The Labute approximate surface area is 175 Å². The molecular weight excluding hydrogens is 399 g/mol. The maximum atomic E-state index is 13.9. The summed E-state index contributed by atoms with van der Waals surface area (Å²) in [6.07, 6.45) is 1.82. The average Bonchev–Trinajstić information content (AvgIpc) is 3.25. The number of aromatic nitrogens is 2. The first-order chi connectivity index (χ1) is 14.6. The number of fused-ring (bicyclic) bond motifs is 3. The van der Waals surface area contributed by atoms with Crippen LogP contribution in [-0.2, 0) is 6.61 Å². The highest BCUT2D eigenvalue weighted by Gasteiger charge is 2.12. The zero-order chi connectivity index (χ0) is 20.7. The van der Waals surface area contributed by atoms with E-state index in [1.165, 1.54) is 17.4 Å². The number of rotatable bonds is 4. The Hall–Kier alpha value is -3.51. The van der Waals surface area contributed by atoms with E-state index >= 15 is 0 Å². The van der Waals surface area contributed by atoms with E-state index < -0.39 is 0 Å². The molecule has 5 rings (SSSR count). The van der Waals surface area contributed by atoms with Crippen molar-refractivity contribution in [3.8, 4) is 5.75 Å². The summed E-state index contributed by atoms with van der Waals surface area (Å²) in [5.74, 6) is 0.294. The predicted molar refractivity (Wildman–Crippen MR) is 118 cm³/mol. The Balaban J connectivity index is 1.58. The Morgan fingerprint density at radius 1 is 1.10 bits per heavy atom. The molecule has 0 aliphatic heterocycles. The number of aryl methyl sites for hydroxylation is 1. The van der Waals surface area contributed by atoms with E-state index in [1.807, 2.05) is 55.5 Å². The molecular formula is C24H17FN2O2S. The smallest absolute Gasteiger partial charge is 0.274 e. The molecule has 2 heterocycles. The molecule has 0 radical (unpaired) electrons. The van der Waals surface area contributed by atoms with E-state index in [1.54, 1.807) is 22.6 Å². The maximum absolute atomic E-state index is 13.9.